The normalized spacial score (nSPS) is 20.8. The van der Waals surface area contributed by atoms with Crippen LogP contribution in [0.1, 0.15) is 42.5 Å². The number of ether oxygens (including phenoxy) is 2. The van der Waals surface area contributed by atoms with Gasteiger partial charge in [0, 0.05) is 44.5 Å². The number of rotatable bonds is 6. The lowest BCUT2D eigenvalue weighted by atomic mass is 10.0. The maximum absolute atomic E-state index is 6.02. The van der Waals surface area contributed by atoms with Crippen molar-refractivity contribution in [2.24, 2.45) is 12.0 Å². The Balaban J connectivity index is 0.00000306. The van der Waals surface area contributed by atoms with Gasteiger partial charge in [-0.25, -0.2) is 0 Å². The lowest BCUT2D eigenvalue weighted by Gasteiger charge is -2.38. The second-order valence-corrected chi connectivity index (χ2v) is 8.54. The molecule has 0 saturated carbocycles. The van der Waals surface area contributed by atoms with Crippen molar-refractivity contribution in [3.8, 4) is 5.75 Å². The molecule has 2 aromatic rings. The second kappa shape index (κ2) is 12.6. The molecule has 0 bridgehead atoms. The van der Waals surface area contributed by atoms with E-state index >= 15 is 0 Å². The highest BCUT2D eigenvalue weighted by molar-refractivity contribution is 14.0. The van der Waals surface area contributed by atoms with E-state index in [9.17, 15) is 0 Å². The predicted octanol–water partition coefficient (Wildman–Crippen LogP) is 3.22. The highest BCUT2D eigenvalue weighted by atomic mass is 127. The largest absolute Gasteiger partial charge is 0.496 e. The highest BCUT2D eigenvalue weighted by Gasteiger charge is 2.28. The number of morpholine rings is 1. The van der Waals surface area contributed by atoms with Crippen molar-refractivity contribution < 1.29 is 9.47 Å². The number of aryl methyl sites for hydroxylation is 1. The quantitative estimate of drug-likeness (QED) is 0.328. The zero-order valence-corrected chi connectivity index (χ0v) is 22.3. The molecule has 0 radical (unpaired) electrons. The maximum Gasteiger partial charge on any atom is 0.193 e. The lowest BCUT2D eigenvalue weighted by Crippen LogP contribution is -2.50. The van der Waals surface area contributed by atoms with E-state index < -0.39 is 0 Å². The number of likely N-dealkylation sites (tertiary alicyclic amines) is 1. The number of para-hydroxylation sites is 1. The van der Waals surface area contributed by atoms with Gasteiger partial charge >= 0.3 is 0 Å². The number of piperidine rings is 1. The molecule has 2 aliphatic heterocycles. The Bertz CT molecular complexity index is 899. The molecular weight excluding hydrogens is 531 g/mol. The number of guanidine groups is 1. The molecule has 182 valence electrons. The van der Waals surface area contributed by atoms with Gasteiger partial charge < -0.3 is 19.7 Å². The first-order chi connectivity index (χ1) is 15.7. The Morgan fingerprint density at radius 1 is 1.24 bits per heavy atom. The number of aliphatic imine (C=N–C) groups is 1. The average Bonchev–Trinajstić information content (AvgIpc) is 3.29. The summed E-state index contributed by atoms with van der Waals surface area (Å²) in [6.07, 6.45) is 7.72. The third kappa shape index (κ3) is 6.39. The van der Waals surface area contributed by atoms with Gasteiger partial charge in [0.1, 0.15) is 11.9 Å². The fourth-order valence-electron chi connectivity index (χ4n) is 4.78. The predicted molar refractivity (Wildman–Crippen MR) is 141 cm³/mol. The summed E-state index contributed by atoms with van der Waals surface area (Å²) in [4.78, 5) is 9.47. The zero-order chi connectivity index (χ0) is 22.3. The summed E-state index contributed by atoms with van der Waals surface area (Å²) in [5.74, 6) is 1.86. The third-order valence-corrected chi connectivity index (χ3v) is 6.46. The number of nitrogens with one attached hydrogen (secondary N) is 1. The number of hydrogen-bond donors (Lipinski definition) is 1. The van der Waals surface area contributed by atoms with Gasteiger partial charge in [-0.2, -0.15) is 5.10 Å². The molecule has 2 saturated heterocycles. The first kappa shape index (κ1) is 25.8. The van der Waals surface area contributed by atoms with Crippen molar-refractivity contribution in [2.45, 2.75) is 31.4 Å². The summed E-state index contributed by atoms with van der Waals surface area (Å²) >= 11 is 0. The van der Waals surface area contributed by atoms with Crippen LogP contribution in [0.5, 0.6) is 5.75 Å². The molecule has 33 heavy (non-hydrogen) atoms. The Morgan fingerprint density at radius 2 is 2.03 bits per heavy atom. The van der Waals surface area contributed by atoms with Crippen molar-refractivity contribution in [2.75, 3.05) is 53.5 Å². The van der Waals surface area contributed by atoms with Crippen LogP contribution in [-0.2, 0) is 11.8 Å². The highest BCUT2D eigenvalue weighted by Crippen LogP contribution is 2.31. The number of methoxy groups -OCH3 is 1. The van der Waals surface area contributed by atoms with Gasteiger partial charge in [0.15, 0.2) is 5.96 Å². The first-order valence-electron chi connectivity index (χ1n) is 11.6. The van der Waals surface area contributed by atoms with Gasteiger partial charge in [0.25, 0.3) is 0 Å². The molecule has 1 aromatic carbocycles. The molecular formula is C24H37IN6O2. The van der Waals surface area contributed by atoms with Crippen LogP contribution >= 0.6 is 24.0 Å². The monoisotopic (exact) mass is 568 g/mol. The van der Waals surface area contributed by atoms with Gasteiger partial charge in [-0.15, -0.1) is 24.0 Å². The minimum absolute atomic E-state index is 0. The minimum atomic E-state index is 0. The Labute approximate surface area is 214 Å². The summed E-state index contributed by atoms with van der Waals surface area (Å²) in [6, 6.07) is 8.62. The smallest absolute Gasteiger partial charge is 0.193 e. The van der Waals surface area contributed by atoms with E-state index in [1.54, 1.807) is 7.11 Å². The molecule has 0 spiro atoms. The molecule has 2 atom stereocenters. The molecule has 9 heteroatoms. The molecule has 3 heterocycles. The van der Waals surface area contributed by atoms with E-state index in [1.807, 2.05) is 37.2 Å². The van der Waals surface area contributed by atoms with Gasteiger partial charge in [-0.05, 0) is 32.0 Å². The molecule has 0 amide bonds. The molecule has 2 fully saturated rings. The molecule has 2 unspecified atom stereocenters. The van der Waals surface area contributed by atoms with Gasteiger partial charge in [0.05, 0.1) is 32.5 Å². The molecule has 1 aromatic heterocycles. The van der Waals surface area contributed by atoms with Crippen molar-refractivity contribution >= 4 is 29.9 Å². The Kier molecular flexibility index (Phi) is 9.81. The molecule has 1 N–H and O–H groups in total. The van der Waals surface area contributed by atoms with E-state index in [1.165, 1.54) is 24.8 Å². The number of halogens is 1. The van der Waals surface area contributed by atoms with Crippen molar-refractivity contribution in [1.82, 2.24) is 24.9 Å². The van der Waals surface area contributed by atoms with Crippen LogP contribution < -0.4 is 10.1 Å². The van der Waals surface area contributed by atoms with Crippen LogP contribution in [0, 0.1) is 0 Å². The Morgan fingerprint density at radius 3 is 2.73 bits per heavy atom. The van der Waals surface area contributed by atoms with Gasteiger partial charge in [-0.3, -0.25) is 14.6 Å². The molecule has 8 nitrogen and oxygen atoms in total. The average molecular weight is 569 g/mol. The van der Waals surface area contributed by atoms with E-state index in [2.05, 4.69) is 43.4 Å². The minimum Gasteiger partial charge on any atom is -0.496 e. The fourth-order valence-corrected chi connectivity index (χ4v) is 4.78. The maximum atomic E-state index is 6.02. The van der Waals surface area contributed by atoms with Crippen LogP contribution in [0.4, 0.5) is 0 Å². The lowest BCUT2D eigenvalue weighted by molar-refractivity contribution is -0.00816. The molecule has 4 rings (SSSR count). The van der Waals surface area contributed by atoms with E-state index in [0.29, 0.717) is 6.61 Å². The van der Waals surface area contributed by atoms with Crippen molar-refractivity contribution in [3.63, 3.8) is 0 Å². The van der Waals surface area contributed by atoms with Crippen LogP contribution in [0.15, 0.2) is 41.7 Å². The Hall–Kier alpha value is -1.85. The van der Waals surface area contributed by atoms with Crippen LogP contribution in [0.2, 0.25) is 0 Å². The number of hydrogen-bond acceptors (Lipinski definition) is 5. The third-order valence-electron chi connectivity index (χ3n) is 6.46. The topological polar surface area (TPSA) is 67.2 Å². The summed E-state index contributed by atoms with van der Waals surface area (Å²) < 4.78 is 13.6. The summed E-state index contributed by atoms with van der Waals surface area (Å²) in [5.41, 5.74) is 2.34. The number of benzene rings is 1. The van der Waals surface area contributed by atoms with Gasteiger partial charge in [-0.1, -0.05) is 24.6 Å². The van der Waals surface area contributed by atoms with Gasteiger partial charge in [0.2, 0.25) is 0 Å². The number of aromatic nitrogens is 2. The molecule has 2 aliphatic rings. The molecule has 0 aliphatic carbocycles. The van der Waals surface area contributed by atoms with E-state index in [4.69, 9.17) is 9.47 Å². The summed E-state index contributed by atoms with van der Waals surface area (Å²) in [7, 11) is 5.55. The van der Waals surface area contributed by atoms with Crippen LogP contribution in [0.25, 0.3) is 0 Å². The fraction of sp³-hybridized carbons (Fsp3) is 0.583. The second-order valence-electron chi connectivity index (χ2n) is 8.54. The SMILES string of the molecule is CN=C(NCC(c1ccccc1OC)N1CCCCC1)N1CCOC(c2cnn(C)c2)C1.I. The zero-order valence-electron chi connectivity index (χ0n) is 19.9. The first-order valence-corrected chi connectivity index (χ1v) is 11.6. The number of nitrogens with zero attached hydrogens (tertiary/aromatic N) is 5. The summed E-state index contributed by atoms with van der Waals surface area (Å²) in [5, 5.41) is 7.96. The van der Waals surface area contributed by atoms with Crippen LogP contribution in [-0.4, -0.2) is 79.0 Å². The standard InChI is InChI=1S/C24H36N6O2.HI/c1-25-24(30-13-14-32-23(18-30)19-15-27-28(2)17-19)26-16-21(29-11-7-4-8-12-29)20-9-5-6-10-22(20)31-3;/h5-6,9-10,15,17,21,23H,4,7-8,11-14,16,18H2,1-3H3,(H,25,26);1H. The summed E-state index contributed by atoms with van der Waals surface area (Å²) in [6.45, 7) is 5.26. The van der Waals surface area contributed by atoms with Crippen molar-refractivity contribution in [3.05, 3.63) is 47.8 Å². The van der Waals surface area contributed by atoms with E-state index in [0.717, 1.165) is 50.0 Å². The van der Waals surface area contributed by atoms with Crippen molar-refractivity contribution in [1.29, 1.82) is 0 Å². The van der Waals surface area contributed by atoms with Crippen LogP contribution in [0.3, 0.4) is 0 Å². The van der Waals surface area contributed by atoms with E-state index in [-0.39, 0.29) is 36.1 Å².